The number of rotatable bonds is 16. The highest BCUT2D eigenvalue weighted by atomic mass is 31.2. The number of hydrogen-bond donors (Lipinski definition) is 4. The highest BCUT2D eigenvalue weighted by molar-refractivity contribution is 7.39. The van der Waals surface area contributed by atoms with E-state index in [0.29, 0.717) is 6.61 Å². The lowest BCUT2D eigenvalue weighted by Crippen LogP contribution is -2.18. The maximum absolute atomic E-state index is 9.30. The molecule has 4 N–H and O–H groups in total. The van der Waals surface area contributed by atoms with Crippen LogP contribution in [-0.4, -0.2) is 26.6 Å². The van der Waals surface area contributed by atoms with Crippen LogP contribution in [0.1, 0.15) is 109 Å². The smallest absolute Gasteiger partial charge is 0.327 e. The fourth-order valence-corrected chi connectivity index (χ4v) is 4.30. The van der Waals surface area contributed by atoms with Crippen molar-refractivity contribution in [2.45, 2.75) is 103 Å². The monoisotopic (exact) mass is 506 g/mol. The number of unbranched alkanes of at least 4 members (excludes halogenated alkanes) is 11. The molecule has 0 saturated heterocycles. The highest BCUT2D eigenvalue weighted by Crippen LogP contribution is 2.33. The van der Waals surface area contributed by atoms with E-state index in [9.17, 15) is 10.2 Å². The predicted octanol–water partition coefficient (Wildman–Crippen LogP) is 8.34. The zero-order chi connectivity index (χ0) is 25.9. The van der Waals surface area contributed by atoms with Gasteiger partial charge in [0, 0.05) is 5.41 Å². The lowest BCUT2D eigenvalue weighted by atomic mass is 9.78. The summed E-state index contributed by atoms with van der Waals surface area (Å²) in [5, 5.41) is 18.6. The molecule has 0 radical (unpaired) electrons. The number of aromatic hydroxyl groups is 2. The van der Waals surface area contributed by atoms with Crippen molar-refractivity contribution < 1.29 is 24.5 Å². The Labute approximate surface area is 214 Å². The van der Waals surface area contributed by atoms with Crippen molar-refractivity contribution >= 4 is 8.60 Å². The molecule has 2 aromatic carbocycles. The largest absolute Gasteiger partial charge is 0.508 e. The zero-order valence-corrected chi connectivity index (χ0v) is 22.8. The van der Waals surface area contributed by atoms with E-state index in [1.165, 1.54) is 64.2 Å². The van der Waals surface area contributed by atoms with Crippen molar-refractivity contribution in [2.24, 2.45) is 0 Å². The number of phenolic OH excluding ortho intramolecular Hbond substituents is 2. The summed E-state index contributed by atoms with van der Waals surface area (Å²) in [4.78, 5) is 17.1. The molecule has 0 saturated carbocycles. The topological polar surface area (TPSA) is 90.2 Å². The maximum Gasteiger partial charge on any atom is 0.327 e. The normalized spacial score (nSPS) is 11.4. The van der Waals surface area contributed by atoms with Gasteiger partial charge in [-0.2, -0.15) is 0 Å². The van der Waals surface area contributed by atoms with Crippen molar-refractivity contribution in [2.75, 3.05) is 6.61 Å². The molecular weight excluding hydrogens is 459 g/mol. The Morgan fingerprint density at radius 1 is 0.600 bits per heavy atom. The van der Waals surface area contributed by atoms with Crippen LogP contribution in [0.4, 0.5) is 0 Å². The Kier molecular flexibility index (Phi) is 16.7. The Hall–Kier alpha value is -1.65. The Morgan fingerprint density at radius 3 is 1.29 bits per heavy atom. The summed E-state index contributed by atoms with van der Waals surface area (Å²) in [6.45, 7) is 6.97. The van der Waals surface area contributed by atoms with Gasteiger partial charge in [-0.15, -0.1) is 0 Å². The first-order chi connectivity index (χ1) is 16.8. The van der Waals surface area contributed by atoms with E-state index in [1.54, 1.807) is 24.3 Å². The van der Waals surface area contributed by atoms with Crippen molar-refractivity contribution in [3.8, 4) is 11.5 Å². The fraction of sp³-hybridized carbons (Fsp3) is 0.586. The van der Waals surface area contributed by atoms with Crippen molar-refractivity contribution in [3.63, 3.8) is 0 Å². The Morgan fingerprint density at radius 2 is 0.943 bits per heavy atom. The molecule has 0 unspecified atom stereocenters. The summed E-state index contributed by atoms with van der Waals surface area (Å²) < 4.78 is 4.71. The minimum Gasteiger partial charge on any atom is -0.508 e. The highest BCUT2D eigenvalue weighted by Gasteiger charge is 2.22. The van der Waals surface area contributed by atoms with Gasteiger partial charge >= 0.3 is 8.60 Å². The van der Waals surface area contributed by atoms with Gasteiger partial charge in [0.1, 0.15) is 11.5 Å². The molecule has 0 amide bonds. The molecule has 35 heavy (non-hydrogen) atoms. The minimum atomic E-state index is -2.14. The van der Waals surface area contributed by atoms with Gasteiger partial charge in [-0.25, -0.2) is 0 Å². The van der Waals surface area contributed by atoms with Crippen molar-refractivity contribution in [1.82, 2.24) is 0 Å². The molecular formula is C29H47O5P. The molecule has 5 nitrogen and oxygen atoms in total. The summed E-state index contributed by atoms with van der Waals surface area (Å²) in [6.07, 6.45) is 15.7. The first-order valence-corrected chi connectivity index (χ1v) is 14.3. The average molecular weight is 507 g/mol. The van der Waals surface area contributed by atoms with Crippen LogP contribution >= 0.6 is 8.60 Å². The summed E-state index contributed by atoms with van der Waals surface area (Å²) in [7, 11) is -2.14. The van der Waals surface area contributed by atoms with E-state index in [-0.39, 0.29) is 16.9 Å². The van der Waals surface area contributed by atoms with Crippen LogP contribution in [0, 0.1) is 0 Å². The maximum atomic E-state index is 9.30. The first kappa shape index (κ1) is 31.4. The van der Waals surface area contributed by atoms with E-state index in [0.717, 1.165) is 24.0 Å². The molecule has 6 heteroatoms. The SMILES string of the molecule is CC(C)(c1ccc(O)cc1)c1ccc(O)cc1.CCCCCCCCCCCCCCOP(O)O. The molecule has 0 bridgehead atoms. The Balaban J connectivity index is 0.000000350. The molecule has 0 aromatic heterocycles. The van der Waals surface area contributed by atoms with Crippen LogP contribution in [0.2, 0.25) is 0 Å². The van der Waals surface area contributed by atoms with Gasteiger partial charge < -0.3 is 24.5 Å². The Bertz CT molecular complexity index is 712. The summed E-state index contributed by atoms with van der Waals surface area (Å²) in [5.41, 5.74) is 2.10. The summed E-state index contributed by atoms with van der Waals surface area (Å²) in [6, 6.07) is 14.4. The second-order valence-corrected chi connectivity index (χ2v) is 10.5. The lowest BCUT2D eigenvalue weighted by Gasteiger charge is -2.26. The molecule has 0 aliphatic carbocycles. The van der Waals surface area contributed by atoms with Gasteiger partial charge in [0.25, 0.3) is 0 Å². The molecule has 0 atom stereocenters. The van der Waals surface area contributed by atoms with Gasteiger partial charge in [-0.05, 0) is 41.8 Å². The van der Waals surface area contributed by atoms with Crippen LogP contribution in [0.25, 0.3) is 0 Å². The van der Waals surface area contributed by atoms with Gasteiger partial charge in [0.2, 0.25) is 0 Å². The number of phenols is 2. The standard InChI is InChI=1S/C15H16O2.C14H31O3P/c1-15(2,11-3-7-13(16)8-4-11)12-5-9-14(17)10-6-12;1-2-3-4-5-6-7-8-9-10-11-12-13-14-17-18(15)16/h3-10,16-17H,1-2H3;15-16H,2-14H2,1H3. The van der Waals surface area contributed by atoms with Crippen molar-refractivity contribution in [3.05, 3.63) is 59.7 Å². The van der Waals surface area contributed by atoms with Gasteiger partial charge in [-0.3, -0.25) is 0 Å². The van der Waals surface area contributed by atoms with Gasteiger partial charge in [-0.1, -0.05) is 116 Å². The third-order valence-corrected chi connectivity index (χ3v) is 6.80. The molecule has 2 rings (SSSR count). The van der Waals surface area contributed by atoms with Gasteiger partial charge in [0.15, 0.2) is 0 Å². The second kappa shape index (κ2) is 18.6. The molecule has 0 aliphatic rings. The third-order valence-electron chi connectivity index (χ3n) is 6.38. The van der Waals surface area contributed by atoms with E-state index in [2.05, 4.69) is 20.8 Å². The van der Waals surface area contributed by atoms with E-state index in [4.69, 9.17) is 14.3 Å². The van der Waals surface area contributed by atoms with E-state index >= 15 is 0 Å². The van der Waals surface area contributed by atoms with Crippen molar-refractivity contribution in [1.29, 1.82) is 0 Å². The summed E-state index contributed by atoms with van der Waals surface area (Å²) >= 11 is 0. The molecule has 0 spiro atoms. The molecule has 0 fully saturated rings. The van der Waals surface area contributed by atoms with Crippen LogP contribution in [0.3, 0.4) is 0 Å². The van der Waals surface area contributed by atoms with Crippen LogP contribution in [0.15, 0.2) is 48.5 Å². The lowest BCUT2D eigenvalue weighted by molar-refractivity contribution is 0.248. The molecule has 198 valence electrons. The predicted molar refractivity (Wildman–Crippen MR) is 147 cm³/mol. The summed E-state index contributed by atoms with van der Waals surface area (Å²) in [5.74, 6) is 0.547. The van der Waals surface area contributed by atoms with E-state index < -0.39 is 8.60 Å². The second-order valence-electron chi connectivity index (χ2n) is 9.69. The number of benzene rings is 2. The minimum absolute atomic E-state index is 0.151. The van der Waals surface area contributed by atoms with Gasteiger partial charge in [0.05, 0.1) is 6.61 Å². The first-order valence-electron chi connectivity index (χ1n) is 13.2. The van der Waals surface area contributed by atoms with Crippen LogP contribution < -0.4 is 0 Å². The third kappa shape index (κ3) is 14.5. The average Bonchev–Trinajstić information content (AvgIpc) is 2.83. The molecule has 0 aliphatic heterocycles. The van der Waals surface area contributed by atoms with Crippen LogP contribution in [-0.2, 0) is 9.94 Å². The van der Waals surface area contributed by atoms with Crippen LogP contribution in [0.5, 0.6) is 11.5 Å². The quantitative estimate of drug-likeness (QED) is 0.136. The molecule has 0 heterocycles. The van der Waals surface area contributed by atoms with E-state index in [1.807, 2.05) is 24.3 Å². The fourth-order valence-electron chi connectivity index (χ4n) is 4.01. The molecule has 2 aromatic rings. The zero-order valence-electron chi connectivity index (χ0n) is 22.0. The number of hydrogen-bond acceptors (Lipinski definition) is 5.